The van der Waals surface area contributed by atoms with Crippen LogP contribution in [0.15, 0.2) is 53.2 Å². The minimum absolute atomic E-state index is 0.153. The largest absolute Gasteiger partial charge is 0.454 e. The molecule has 23 heavy (non-hydrogen) atoms. The summed E-state index contributed by atoms with van der Waals surface area (Å²) in [6, 6.07) is 3.64. The molecule has 0 spiro atoms. The summed E-state index contributed by atoms with van der Waals surface area (Å²) in [5.41, 5.74) is 0.400. The van der Waals surface area contributed by atoms with Crippen LogP contribution in [-0.2, 0) is 0 Å². The monoisotopic (exact) mass is 342 g/mol. The average molecular weight is 343 g/mol. The Kier molecular flexibility index (Phi) is 4.99. The first-order chi connectivity index (χ1) is 10.8. The molecule has 0 aliphatic carbocycles. The van der Waals surface area contributed by atoms with E-state index in [0.717, 1.165) is 12.1 Å². The molecule has 1 atom stereocenters. The maximum absolute atomic E-state index is 13.2. The number of nitro groups is 1. The number of halogens is 2. The lowest BCUT2D eigenvalue weighted by Gasteiger charge is -2.21. The highest BCUT2D eigenvalue weighted by Crippen LogP contribution is 2.31. The summed E-state index contributed by atoms with van der Waals surface area (Å²) in [6.07, 6.45) is 1.10. The molecular weight excluding hydrogens is 331 g/mol. The van der Waals surface area contributed by atoms with Crippen molar-refractivity contribution in [1.29, 1.82) is 0 Å². The summed E-state index contributed by atoms with van der Waals surface area (Å²) in [5, 5.41) is 41.9. The predicted octanol–water partition coefficient (Wildman–Crippen LogP) is 1.92. The lowest BCUT2D eigenvalue weighted by Crippen LogP contribution is -2.20. The van der Waals surface area contributed by atoms with Gasteiger partial charge in [-0.3, -0.25) is 10.1 Å². The summed E-state index contributed by atoms with van der Waals surface area (Å²) in [4.78, 5) is 9.55. The number of dihydropyridines is 1. The van der Waals surface area contributed by atoms with Gasteiger partial charge in [-0.15, -0.1) is 0 Å². The van der Waals surface area contributed by atoms with E-state index in [1.54, 1.807) is 0 Å². The van der Waals surface area contributed by atoms with Crippen LogP contribution >= 0.6 is 11.6 Å². The van der Waals surface area contributed by atoms with Crippen LogP contribution in [0.1, 0.15) is 11.7 Å². The molecule has 0 fully saturated rings. The molecule has 2 rings (SSSR count). The Morgan fingerprint density at radius 1 is 1.48 bits per heavy atom. The molecule has 0 bridgehead atoms. The van der Waals surface area contributed by atoms with Gasteiger partial charge in [0.05, 0.1) is 11.6 Å². The van der Waals surface area contributed by atoms with E-state index in [0.29, 0.717) is 0 Å². The molecular formula is C14H12ClFN2O5. The quantitative estimate of drug-likeness (QED) is 0.377. The van der Waals surface area contributed by atoms with Crippen molar-refractivity contribution in [3.8, 4) is 0 Å². The van der Waals surface area contributed by atoms with Gasteiger partial charge in [0.1, 0.15) is 16.8 Å². The Bertz CT molecular complexity index is 745. The van der Waals surface area contributed by atoms with Gasteiger partial charge in [0.15, 0.2) is 5.70 Å². The number of aliphatic hydroxyl groups is 3. The van der Waals surface area contributed by atoms with Crippen LogP contribution in [0.4, 0.5) is 4.39 Å². The third-order valence-corrected chi connectivity index (χ3v) is 3.50. The van der Waals surface area contributed by atoms with Crippen molar-refractivity contribution in [2.75, 3.05) is 6.61 Å². The van der Waals surface area contributed by atoms with Gasteiger partial charge >= 0.3 is 5.88 Å². The lowest BCUT2D eigenvalue weighted by atomic mass is 9.94. The van der Waals surface area contributed by atoms with E-state index in [1.807, 2.05) is 0 Å². The number of nitrogens with zero attached hydrogens (tertiary/aromatic N) is 1. The first kappa shape index (κ1) is 16.9. The minimum atomic E-state index is -1.25. The number of benzene rings is 1. The minimum Gasteiger partial charge on any atom is -0.454 e. The third kappa shape index (κ3) is 3.50. The molecule has 1 aliphatic heterocycles. The first-order valence-corrected chi connectivity index (χ1v) is 6.72. The fourth-order valence-electron chi connectivity index (χ4n) is 2.03. The van der Waals surface area contributed by atoms with Crippen LogP contribution in [0, 0.1) is 15.9 Å². The van der Waals surface area contributed by atoms with Gasteiger partial charge < -0.3 is 20.6 Å². The van der Waals surface area contributed by atoms with E-state index in [4.69, 9.17) is 11.6 Å². The smallest absolute Gasteiger partial charge is 0.449 e. The van der Waals surface area contributed by atoms with E-state index in [1.165, 1.54) is 18.3 Å². The fraction of sp³-hybridized carbons (Fsp3) is 0.143. The molecule has 9 heteroatoms. The van der Waals surface area contributed by atoms with Crippen molar-refractivity contribution in [1.82, 2.24) is 5.32 Å². The number of allylic oxidation sites excluding steroid dienone is 1. The van der Waals surface area contributed by atoms with Gasteiger partial charge in [-0.05, 0) is 29.3 Å². The molecule has 4 N–H and O–H groups in total. The van der Waals surface area contributed by atoms with Crippen molar-refractivity contribution in [3.05, 3.63) is 79.7 Å². The zero-order valence-corrected chi connectivity index (χ0v) is 12.3. The molecule has 1 heterocycles. The van der Waals surface area contributed by atoms with Gasteiger partial charge in [-0.2, -0.15) is 0 Å². The summed E-state index contributed by atoms with van der Waals surface area (Å²) < 4.78 is 13.2. The van der Waals surface area contributed by atoms with Gasteiger partial charge in [-0.25, -0.2) is 4.39 Å². The summed E-state index contributed by atoms with van der Waals surface area (Å²) in [7, 11) is 0. The lowest BCUT2D eigenvalue weighted by molar-refractivity contribution is -0.460. The summed E-state index contributed by atoms with van der Waals surface area (Å²) in [6.45, 7) is -0.534. The first-order valence-electron chi connectivity index (χ1n) is 6.34. The zero-order valence-electron chi connectivity index (χ0n) is 11.5. The van der Waals surface area contributed by atoms with Gasteiger partial charge in [-0.1, -0.05) is 17.7 Å². The second-order valence-corrected chi connectivity index (χ2v) is 5.05. The van der Waals surface area contributed by atoms with Crippen LogP contribution in [0.3, 0.4) is 0 Å². The highest BCUT2D eigenvalue weighted by atomic mass is 35.5. The number of hydrogen-bond donors (Lipinski definition) is 4. The maximum atomic E-state index is 13.2. The molecule has 0 amide bonds. The standard InChI is InChI=1S/C14H12ClFN2O5/c15-10-3-7(1-2-11(10)16)13(20)9-5-17-12(4-8(9)6-19)14(21)18(22)23/h1-5,13,17,19-21H,6H2. The number of rotatable bonds is 4. The Morgan fingerprint density at radius 2 is 2.17 bits per heavy atom. The highest BCUT2D eigenvalue weighted by molar-refractivity contribution is 6.30. The molecule has 0 saturated carbocycles. The number of hydrogen-bond acceptors (Lipinski definition) is 6. The Hall–Kier alpha value is -2.42. The van der Waals surface area contributed by atoms with Gasteiger partial charge in [0.2, 0.25) is 0 Å². The predicted molar refractivity (Wildman–Crippen MR) is 79.4 cm³/mol. The van der Waals surface area contributed by atoms with Crippen LogP contribution in [0.5, 0.6) is 0 Å². The molecule has 122 valence electrons. The molecule has 1 aromatic rings. The van der Waals surface area contributed by atoms with Crippen LogP contribution < -0.4 is 5.32 Å². The molecule has 1 aromatic carbocycles. The van der Waals surface area contributed by atoms with E-state index < -0.39 is 29.3 Å². The topological polar surface area (TPSA) is 116 Å². The molecule has 0 radical (unpaired) electrons. The third-order valence-electron chi connectivity index (χ3n) is 3.21. The maximum Gasteiger partial charge on any atom is 0.449 e. The van der Waals surface area contributed by atoms with Crippen molar-refractivity contribution in [2.24, 2.45) is 0 Å². The molecule has 1 unspecified atom stereocenters. The Labute approximate surface area is 134 Å². The molecule has 0 aromatic heterocycles. The van der Waals surface area contributed by atoms with Gasteiger partial charge in [0, 0.05) is 11.8 Å². The molecule has 0 saturated heterocycles. The average Bonchev–Trinajstić information content (AvgIpc) is 2.55. The van der Waals surface area contributed by atoms with Crippen molar-refractivity contribution < 1.29 is 24.6 Å². The molecule has 1 aliphatic rings. The van der Waals surface area contributed by atoms with E-state index in [-0.39, 0.29) is 27.4 Å². The van der Waals surface area contributed by atoms with Crippen LogP contribution in [-0.4, -0.2) is 26.8 Å². The van der Waals surface area contributed by atoms with Crippen molar-refractivity contribution >= 4 is 11.6 Å². The van der Waals surface area contributed by atoms with Crippen molar-refractivity contribution in [3.63, 3.8) is 0 Å². The van der Waals surface area contributed by atoms with Gasteiger partial charge in [0.25, 0.3) is 0 Å². The van der Waals surface area contributed by atoms with E-state index in [9.17, 15) is 29.8 Å². The second kappa shape index (κ2) is 6.78. The van der Waals surface area contributed by atoms with E-state index in [2.05, 4.69) is 5.32 Å². The Balaban J connectivity index is 2.36. The number of aliphatic hydroxyl groups excluding tert-OH is 3. The number of nitrogens with one attached hydrogen (secondary N) is 1. The normalized spacial score (nSPS) is 17.7. The second-order valence-electron chi connectivity index (χ2n) is 4.64. The molecule has 7 nitrogen and oxygen atoms in total. The van der Waals surface area contributed by atoms with E-state index >= 15 is 0 Å². The highest BCUT2D eigenvalue weighted by Gasteiger charge is 2.24. The van der Waals surface area contributed by atoms with Crippen LogP contribution in [0.25, 0.3) is 0 Å². The van der Waals surface area contributed by atoms with Crippen molar-refractivity contribution in [2.45, 2.75) is 6.10 Å². The summed E-state index contributed by atoms with van der Waals surface area (Å²) in [5.74, 6) is -1.76. The SMILES string of the molecule is O=[N+]([O-])C(O)=C1C=C(CO)C(C(O)c2ccc(F)c(Cl)c2)=CN1. The zero-order chi connectivity index (χ0) is 17.1. The fourth-order valence-corrected chi connectivity index (χ4v) is 2.22. The Morgan fingerprint density at radius 3 is 2.74 bits per heavy atom. The van der Waals surface area contributed by atoms with Crippen LogP contribution in [0.2, 0.25) is 5.02 Å². The summed E-state index contributed by atoms with van der Waals surface area (Å²) >= 11 is 5.67.